The van der Waals surface area contributed by atoms with Gasteiger partial charge in [0.15, 0.2) is 6.10 Å². The van der Waals surface area contributed by atoms with Gasteiger partial charge < -0.3 is 20.1 Å². The van der Waals surface area contributed by atoms with Gasteiger partial charge in [-0.1, -0.05) is 12.1 Å². The first kappa shape index (κ1) is 14.2. The van der Waals surface area contributed by atoms with Gasteiger partial charge >= 0.3 is 0 Å². The average Bonchev–Trinajstić information content (AvgIpc) is 2.55. The van der Waals surface area contributed by atoms with Gasteiger partial charge in [-0.3, -0.25) is 9.69 Å². The number of hydrogen-bond donors (Lipinski definition) is 2. The lowest BCUT2D eigenvalue weighted by atomic mass is 10.2. The number of rotatable bonds is 4. The second-order valence-electron chi connectivity index (χ2n) is 5.23. The molecule has 0 radical (unpaired) electrons. The van der Waals surface area contributed by atoms with Crippen molar-refractivity contribution < 1.29 is 14.3 Å². The summed E-state index contributed by atoms with van der Waals surface area (Å²) in [6.07, 6.45) is -0.468. The van der Waals surface area contributed by atoms with Crippen molar-refractivity contribution >= 4 is 11.6 Å². The van der Waals surface area contributed by atoms with E-state index in [-0.39, 0.29) is 5.91 Å². The molecule has 2 N–H and O–H groups in total. The Hall–Kier alpha value is -1.79. The molecule has 3 rings (SSSR count). The number of benzene rings is 1. The molecule has 2 heterocycles. The molecule has 6 heteroatoms. The van der Waals surface area contributed by atoms with E-state index in [0.29, 0.717) is 13.1 Å². The van der Waals surface area contributed by atoms with Crippen molar-refractivity contribution in [2.75, 3.05) is 51.3 Å². The largest absolute Gasteiger partial charge is 0.477 e. The highest BCUT2D eigenvalue weighted by Crippen LogP contribution is 2.28. The molecule has 21 heavy (non-hydrogen) atoms. The number of fused-ring (bicyclic) bond motifs is 1. The summed E-state index contributed by atoms with van der Waals surface area (Å²) in [5, 5.41) is 6.16. The molecule has 1 aromatic rings. The zero-order chi connectivity index (χ0) is 14.5. The van der Waals surface area contributed by atoms with Crippen LogP contribution in [0.3, 0.4) is 0 Å². The van der Waals surface area contributed by atoms with Gasteiger partial charge in [-0.2, -0.15) is 0 Å². The van der Waals surface area contributed by atoms with Crippen LogP contribution in [0.25, 0.3) is 0 Å². The van der Waals surface area contributed by atoms with Crippen LogP contribution in [0, 0.1) is 0 Å². The van der Waals surface area contributed by atoms with Gasteiger partial charge in [0.25, 0.3) is 5.91 Å². The third-order valence-electron chi connectivity index (χ3n) is 3.76. The molecule has 114 valence electrons. The maximum Gasteiger partial charge on any atom is 0.262 e. The minimum absolute atomic E-state index is 0.0646. The van der Waals surface area contributed by atoms with E-state index in [2.05, 4.69) is 15.5 Å². The predicted octanol–water partition coefficient (Wildman–Crippen LogP) is 0.308. The summed E-state index contributed by atoms with van der Waals surface area (Å²) in [4.78, 5) is 14.4. The Balaban J connectivity index is 1.44. The van der Waals surface area contributed by atoms with E-state index in [0.717, 1.165) is 44.3 Å². The maximum atomic E-state index is 12.1. The summed E-state index contributed by atoms with van der Waals surface area (Å²) in [5.74, 6) is 0.669. The Labute approximate surface area is 124 Å². The van der Waals surface area contributed by atoms with Gasteiger partial charge in [0.2, 0.25) is 0 Å². The molecule has 1 atom stereocenters. The quantitative estimate of drug-likeness (QED) is 0.836. The van der Waals surface area contributed by atoms with E-state index in [1.54, 1.807) is 0 Å². The highest BCUT2D eigenvalue weighted by Gasteiger charge is 2.25. The minimum Gasteiger partial charge on any atom is -0.477 e. The molecule has 1 saturated heterocycles. The third kappa shape index (κ3) is 3.65. The Bertz CT molecular complexity index is 489. The second-order valence-corrected chi connectivity index (χ2v) is 5.23. The minimum atomic E-state index is -0.468. The zero-order valence-corrected chi connectivity index (χ0v) is 12.0. The van der Waals surface area contributed by atoms with Crippen molar-refractivity contribution in [3.05, 3.63) is 24.3 Å². The molecule has 0 saturated carbocycles. The highest BCUT2D eigenvalue weighted by molar-refractivity contribution is 5.83. The van der Waals surface area contributed by atoms with E-state index in [9.17, 15) is 4.79 Å². The lowest BCUT2D eigenvalue weighted by Gasteiger charge is -2.28. The molecule has 1 unspecified atom stereocenters. The van der Waals surface area contributed by atoms with Crippen LogP contribution in [0.4, 0.5) is 5.69 Å². The van der Waals surface area contributed by atoms with Crippen LogP contribution in [-0.2, 0) is 9.53 Å². The van der Waals surface area contributed by atoms with Crippen molar-refractivity contribution in [3.8, 4) is 5.75 Å². The van der Waals surface area contributed by atoms with Crippen LogP contribution in [0.1, 0.15) is 0 Å². The highest BCUT2D eigenvalue weighted by atomic mass is 16.5. The van der Waals surface area contributed by atoms with E-state index in [1.807, 2.05) is 24.3 Å². The number of amides is 1. The standard InChI is InChI=1S/C15H21N3O3/c19-15(16-5-6-18-7-9-20-10-8-18)14-11-17-12-3-1-2-4-13(12)21-14/h1-4,14,17H,5-11H2,(H,16,19). The number of para-hydroxylation sites is 2. The van der Waals surface area contributed by atoms with E-state index >= 15 is 0 Å². The van der Waals surface area contributed by atoms with Crippen LogP contribution in [0.15, 0.2) is 24.3 Å². The van der Waals surface area contributed by atoms with Gasteiger partial charge in [0.1, 0.15) is 5.75 Å². The molecular weight excluding hydrogens is 270 g/mol. The van der Waals surface area contributed by atoms with Crippen molar-refractivity contribution in [1.82, 2.24) is 10.2 Å². The first-order chi connectivity index (χ1) is 10.3. The van der Waals surface area contributed by atoms with Crippen LogP contribution in [0.5, 0.6) is 5.75 Å². The number of carbonyl (C=O) groups excluding carboxylic acids is 1. The number of hydrogen-bond acceptors (Lipinski definition) is 5. The molecular formula is C15H21N3O3. The molecule has 1 amide bonds. The fourth-order valence-corrected chi connectivity index (χ4v) is 2.54. The van der Waals surface area contributed by atoms with Gasteiger partial charge in [0.05, 0.1) is 25.4 Å². The van der Waals surface area contributed by atoms with Crippen molar-refractivity contribution in [3.63, 3.8) is 0 Å². The van der Waals surface area contributed by atoms with Crippen molar-refractivity contribution in [2.24, 2.45) is 0 Å². The Kier molecular flexibility index (Phi) is 4.57. The average molecular weight is 291 g/mol. The molecule has 0 aliphatic carbocycles. The van der Waals surface area contributed by atoms with Gasteiger partial charge in [-0.15, -0.1) is 0 Å². The maximum absolute atomic E-state index is 12.1. The second kappa shape index (κ2) is 6.78. The summed E-state index contributed by atoms with van der Waals surface area (Å²) in [6.45, 7) is 5.42. The zero-order valence-electron chi connectivity index (χ0n) is 12.0. The normalized spacial score (nSPS) is 21.8. The Morgan fingerprint density at radius 1 is 1.33 bits per heavy atom. The number of morpholine rings is 1. The van der Waals surface area contributed by atoms with Gasteiger partial charge in [-0.25, -0.2) is 0 Å². The molecule has 6 nitrogen and oxygen atoms in total. The van der Waals surface area contributed by atoms with E-state index in [1.165, 1.54) is 0 Å². The number of nitrogens with zero attached hydrogens (tertiary/aromatic N) is 1. The summed E-state index contributed by atoms with van der Waals surface area (Å²) in [7, 11) is 0. The van der Waals surface area contributed by atoms with E-state index < -0.39 is 6.10 Å². The van der Waals surface area contributed by atoms with Crippen molar-refractivity contribution in [1.29, 1.82) is 0 Å². The molecule has 2 aliphatic rings. The van der Waals surface area contributed by atoms with Crippen LogP contribution in [0.2, 0.25) is 0 Å². The first-order valence-corrected chi connectivity index (χ1v) is 7.40. The monoisotopic (exact) mass is 291 g/mol. The van der Waals surface area contributed by atoms with Gasteiger partial charge in [-0.05, 0) is 12.1 Å². The molecule has 0 bridgehead atoms. The molecule has 0 aromatic heterocycles. The van der Waals surface area contributed by atoms with Crippen LogP contribution in [-0.4, -0.2) is 62.8 Å². The summed E-state index contributed by atoms with van der Waals surface area (Å²) >= 11 is 0. The van der Waals surface area contributed by atoms with Crippen LogP contribution < -0.4 is 15.4 Å². The molecule has 0 spiro atoms. The lowest BCUT2D eigenvalue weighted by Crippen LogP contribution is -2.47. The molecule has 2 aliphatic heterocycles. The molecule has 1 fully saturated rings. The number of carbonyl (C=O) groups is 1. The third-order valence-corrected chi connectivity index (χ3v) is 3.76. The number of nitrogens with one attached hydrogen (secondary N) is 2. The summed E-state index contributed by atoms with van der Waals surface area (Å²) < 4.78 is 11.0. The first-order valence-electron chi connectivity index (χ1n) is 7.40. The van der Waals surface area contributed by atoms with Gasteiger partial charge in [0, 0.05) is 26.2 Å². The summed E-state index contributed by atoms with van der Waals surface area (Å²) in [6, 6.07) is 7.66. The smallest absolute Gasteiger partial charge is 0.262 e. The Morgan fingerprint density at radius 2 is 2.14 bits per heavy atom. The lowest BCUT2D eigenvalue weighted by molar-refractivity contribution is -0.127. The SMILES string of the molecule is O=C(NCCN1CCOCC1)C1CNc2ccccc2O1. The molecule has 1 aromatic carbocycles. The Morgan fingerprint density at radius 3 is 3.00 bits per heavy atom. The number of anilines is 1. The number of ether oxygens (including phenoxy) is 2. The van der Waals surface area contributed by atoms with Crippen molar-refractivity contribution in [2.45, 2.75) is 6.10 Å². The predicted molar refractivity (Wildman–Crippen MR) is 79.6 cm³/mol. The van der Waals surface area contributed by atoms with E-state index in [4.69, 9.17) is 9.47 Å². The fraction of sp³-hybridized carbons (Fsp3) is 0.533. The van der Waals surface area contributed by atoms with Crippen LogP contribution >= 0.6 is 0 Å². The fourth-order valence-electron chi connectivity index (χ4n) is 2.54. The topological polar surface area (TPSA) is 62.8 Å². The summed E-state index contributed by atoms with van der Waals surface area (Å²) in [5.41, 5.74) is 0.940.